The van der Waals surface area contributed by atoms with Gasteiger partial charge in [-0.15, -0.1) is 0 Å². The Bertz CT molecular complexity index is 1120. The van der Waals surface area contributed by atoms with E-state index in [2.05, 4.69) is 108 Å². The summed E-state index contributed by atoms with van der Waals surface area (Å²) in [4.78, 5) is 4.99. The lowest BCUT2D eigenvalue weighted by molar-refractivity contribution is 0.639. The maximum Gasteiger partial charge on any atom is 0.0740 e. The highest BCUT2D eigenvalue weighted by Crippen LogP contribution is 2.32. The van der Waals surface area contributed by atoms with E-state index in [9.17, 15) is 0 Å². The highest BCUT2D eigenvalue weighted by atomic mass is 14.9. The molecule has 2 aliphatic rings. The van der Waals surface area contributed by atoms with Gasteiger partial charge in [0.15, 0.2) is 0 Å². The zero-order chi connectivity index (χ0) is 23.3. The number of unbranched alkanes of at least 4 members (excludes halogenated alkanes) is 1. The Morgan fingerprint density at radius 1 is 1.25 bits per heavy atom. The zero-order valence-electron chi connectivity index (χ0n) is 20.4. The molecule has 3 unspecified atom stereocenters. The molecule has 0 aliphatic carbocycles. The molecule has 2 heterocycles. The standard InChI is InChI=1S/C30H38N2/c1-8-10-14-24(12-9-2)18-26(22(6)28-15-11-13-21(5)31-28)30-23(7)32-29-17-16-25(20(3)4)19-27(29)30/h9,11-13,15-19,21,23-24,31H,3,6,8,10,14H2,1-2,4-5,7H3/b12-9?,26-18-. The normalized spacial score (nSPS) is 21.1. The molecule has 0 saturated carbocycles. The summed E-state index contributed by atoms with van der Waals surface area (Å²) in [6, 6.07) is 6.89. The lowest BCUT2D eigenvalue weighted by atomic mass is 9.86. The number of rotatable bonds is 9. The highest BCUT2D eigenvalue weighted by molar-refractivity contribution is 5.79. The number of fused-ring (bicyclic) bond motifs is 1. The Morgan fingerprint density at radius 3 is 2.69 bits per heavy atom. The van der Waals surface area contributed by atoms with E-state index >= 15 is 0 Å². The first-order valence-corrected chi connectivity index (χ1v) is 11.9. The first kappa shape index (κ1) is 23.8. The Kier molecular flexibility index (Phi) is 7.90. The van der Waals surface area contributed by atoms with Crippen LogP contribution < -0.4 is 15.9 Å². The lowest BCUT2D eigenvalue weighted by Crippen LogP contribution is -2.28. The smallest absolute Gasteiger partial charge is 0.0740 e. The van der Waals surface area contributed by atoms with Crippen LogP contribution in [0.15, 0.2) is 89.6 Å². The summed E-state index contributed by atoms with van der Waals surface area (Å²) in [5.74, 6) is 0.372. The zero-order valence-corrected chi connectivity index (χ0v) is 20.4. The molecule has 168 valence electrons. The second kappa shape index (κ2) is 10.6. The highest BCUT2D eigenvalue weighted by Gasteiger charge is 2.24. The van der Waals surface area contributed by atoms with Gasteiger partial charge in [-0.3, -0.25) is 4.99 Å². The summed E-state index contributed by atoms with van der Waals surface area (Å²) in [7, 11) is 0. The summed E-state index contributed by atoms with van der Waals surface area (Å²) in [6.45, 7) is 19.5. The van der Waals surface area contributed by atoms with Crippen molar-refractivity contribution in [3.8, 4) is 0 Å². The molecule has 3 rings (SSSR count). The van der Waals surface area contributed by atoms with E-state index in [4.69, 9.17) is 4.99 Å². The Morgan fingerprint density at radius 2 is 2.03 bits per heavy atom. The molecule has 0 amide bonds. The number of dihydropyridines is 1. The molecule has 0 saturated heterocycles. The van der Waals surface area contributed by atoms with E-state index in [0.29, 0.717) is 5.92 Å². The molecule has 1 aromatic rings. The van der Waals surface area contributed by atoms with Crippen molar-refractivity contribution in [1.82, 2.24) is 5.32 Å². The summed E-state index contributed by atoms with van der Waals surface area (Å²) in [5.41, 5.74) is 6.84. The summed E-state index contributed by atoms with van der Waals surface area (Å²) in [6.07, 6.45) is 16.9. The van der Waals surface area contributed by atoms with Gasteiger partial charge in [0.25, 0.3) is 0 Å². The Hall–Kier alpha value is -2.87. The Labute approximate surface area is 194 Å². The third-order valence-electron chi connectivity index (χ3n) is 6.23. The van der Waals surface area contributed by atoms with Crippen LogP contribution in [-0.4, -0.2) is 12.1 Å². The molecule has 2 heteroatoms. The maximum atomic E-state index is 4.99. The van der Waals surface area contributed by atoms with Crippen LogP contribution in [0, 0.1) is 5.92 Å². The van der Waals surface area contributed by atoms with Crippen molar-refractivity contribution in [3.05, 3.63) is 101 Å². The van der Waals surface area contributed by atoms with Crippen LogP contribution >= 0.6 is 0 Å². The van der Waals surface area contributed by atoms with Crippen LogP contribution in [-0.2, 0) is 0 Å². The van der Waals surface area contributed by atoms with Crippen molar-refractivity contribution >= 4 is 11.1 Å². The first-order chi connectivity index (χ1) is 15.3. The summed E-state index contributed by atoms with van der Waals surface area (Å²) in [5, 5.41) is 5.86. The van der Waals surface area contributed by atoms with Crippen molar-refractivity contribution in [3.63, 3.8) is 0 Å². The van der Waals surface area contributed by atoms with Gasteiger partial charge in [-0.1, -0.05) is 74.9 Å². The molecule has 0 aromatic heterocycles. The maximum absolute atomic E-state index is 4.99. The van der Waals surface area contributed by atoms with Gasteiger partial charge in [0.1, 0.15) is 0 Å². The van der Waals surface area contributed by atoms with Crippen LogP contribution in [0.3, 0.4) is 0 Å². The second-order valence-corrected chi connectivity index (χ2v) is 9.02. The molecule has 1 N–H and O–H groups in total. The number of nitrogens with one attached hydrogen (secondary N) is 1. The van der Waals surface area contributed by atoms with Gasteiger partial charge in [-0.05, 0) is 80.5 Å². The minimum atomic E-state index is 0.0861. The van der Waals surface area contributed by atoms with Gasteiger partial charge in [-0.25, -0.2) is 0 Å². The molecular weight excluding hydrogens is 388 g/mol. The van der Waals surface area contributed by atoms with Crippen LogP contribution in [0.5, 0.6) is 0 Å². The van der Waals surface area contributed by atoms with Gasteiger partial charge in [0, 0.05) is 17.0 Å². The van der Waals surface area contributed by atoms with Crippen molar-refractivity contribution in [1.29, 1.82) is 0 Å². The number of hydrogen-bond acceptors (Lipinski definition) is 2. The van der Waals surface area contributed by atoms with Crippen LogP contribution in [0.25, 0.3) is 11.1 Å². The van der Waals surface area contributed by atoms with Crippen LogP contribution in [0.1, 0.15) is 59.4 Å². The molecule has 0 fully saturated rings. The first-order valence-electron chi connectivity index (χ1n) is 11.9. The van der Waals surface area contributed by atoms with E-state index in [-0.39, 0.29) is 12.1 Å². The van der Waals surface area contributed by atoms with Crippen molar-refractivity contribution in [2.75, 3.05) is 0 Å². The van der Waals surface area contributed by atoms with Crippen molar-refractivity contribution in [2.24, 2.45) is 10.9 Å². The van der Waals surface area contributed by atoms with Gasteiger partial charge in [0.05, 0.1) is 11.4 Å². The SMILES string of the molecule is C=C(C1=CC=CC(C)N1)/C(=C/C(C=CC)CCCC)C1=c2cc(C(=C)C)ccc2=NC1C. The van der Waals surface area contributed by atoms with Crippen molar-refractivity contribution < 1.29 is 0 Å². The van der Waals surface area contributed by atoms with Crippen molar-refractivity contribution in [2.45, 2.75) is 66.0 Å². The lowest BCUT2D eigenvalue weighted by Gasteiger charge is -2.24. The largest absolute Gasteiger partial charge is 0.379 e. The topological polar surface area (TPSA) is 24.4 Å². The molecule has 32 heavy (non-hydrogen) atoms. The minimum Gasteiger partial charge on any atom is -0.379 e. The summed E-state index contributed by atoms with van der Waals surface area (Å²) >= 11 is 0. The number of benzene rings is 1. The van der Waals surface area contributed by atoms with E-state index in [1.807, 2.05) is 0 Å². The Balaban J connectivity index is 2.22. The minimum absolute atomic E-state index is 0.0861. The predicted molar refractivity (Wildman–Crippen MR) is 140 cm³/mol. The molecule has 0 bridgehead atoms. The number of allylic oxidation sites excluding steroid dienone is 7. The fourth-order valence-corrected chi connectivity index (χ4v) is 4.48. The average molecular weight is 427 g/mol. The second-order valence-electron chi connectivity index (χ2n) is 9.02. The van der Waals surface area contributed by atoms with Crippen LogP contribution in [0.2, 0.25) is 0 Å². The van der Waals surface area contributed by atoms with E-state index in [1.54, 1.807) is 0 Å². The molecule has 0 spiro atoms. The third-order valence-corrected chi connectivity index (χ3v) is 6.23. The van der Waals surface area contributed by atoms with Gasteiger partial charge in [-0.2, -0.15) is 0 Å². The molecule has 2 nitrogen and oxygen atoms in total. The van der Waals surface area contributed by atoms with Gasteiger partial charge < -0.3 is 5.32 Å². The average Bonchev–Trinajstić information content (AvgIpc) is 3.09. The fraction of sp³-hybridized carbons (Fsp3) is 0.367. The number of nitrogens with zero attached hydrogens (tertiary/aromatic N) is 1. The van der Waals surface area contributed by atoms with Crippen LogP contribution in [0.4, 0.5) is 0 Å². The number of hydrogen-bond donors (Lipinski definition) is 1. The third kappa shape index (κ3) is 5.30. The quantitative estimate of drug-likeness (QED) is 0.369. The van der Waals surface area contributed by atoms with E-state index in [1.165, 1.54) is 29.2 Å². The molecule has 0 radical (unpaired) electrons. The molecular formula is C30H38N2. The monoisotopic (exact) mass is 426 g/mol. The van der Waals surface area contributed by atoms with Gasteiger partial charge in [0.2, 0.25) is 0 Å². The van der Waals surface area contributed by atoms with E-state index < -0.39 is 0 Å². The predicted octanol–water partition coefficient (Wildman–Crippen LogP) is 6.19. The molecule has 2 aliphatic heterocycles. The van der Waals surface area contributed by atoms with E-state index in [0.717, 1.165) is 34.2 Å². The molecule has 1 aromatic carbocycles. The fourth-order valence-electron chi connectivity index (χ4n) is 4.48. The van der Waals surface area contributed by atoms with Gasteiger partial charge >= 0.3 is 0 Å². The summed E-state index contributed by atoms with van der Waals surface area (Å²) < 4.78 is 0. The molecule has 3 atom stereocenters.